The molecule has 1 saturated heterocycles. The second kappa shape index (κ2) is 9.73. The van der Waals surface area contributed by atoms with Crippen LogP contribution in [0.5, 0.6) is 5.75 Å². The van der Waals surface area contributed by atoms with Crippen LogP contribution in [0.1, 0.15) is 56.2 Å². The smallest absolute Gasteiger partial charge is 0.293 e. The lowest BCUT2D eigenvalue weighted by Crippen LogP contribution is -2.45. The van der Waals surface area contributed by atoms with Crippen LogP contribution in [0.15, 0.2) is 24.3 Å². The molecule has 3 rings (SSSR count). The van der Waals surface area contributed by atoms with Crippen molar-refractivity contribution in [2.45, 2.75) is 45.0 Å². The van der Waals surface area contributed by atoms with Gasteiger partial charge in [-0.05, 0) is 44.9 Å². The fraction of sp³-hybridized carbons (Fsp3) is 0.571. The van der Waals surface area contributed by atoms with Crippen molar-refractivity contribution >= 4 is 17.3 Å². The first kappa shape index (κ1) is 15.3. The van der Waals surface area contributed by atoms with Crippen LogP contribution in [0.3, 0.4) is 0 Å². The Morgan fingerprint density at radius 2 is 2.21 bits per heavy atom. The molecule has 158 valence electrons. The number of nitrogens with two attached hydrogens (primary N) is 1. The molecule has 29 heavy (non-hydrogen) atoms. The van der Waals surface area contributed by atoms with Crippen molar-refractivity contribution < 1.29 is 21.3 Å². The Bertz CT molecular complexity index is 946. The molecule has 1 aliphatic carbocycles. The monoisotopic (exact) mass is 407 g/mol. The maximum Gasteiger partial charge on any atom is 0.293 e. The number of nitrogens with zero attached hydrogens (tertiary/aromatic N) is 2. The summed E-state index contributed by atoms with van der Waals surface area (Å²) in [5.74, 6) is -0.542. The zero-order valence-electron chi connectivity index (χ0n) is 21.2. The summed E-state index contributed by atoms with van der Waals surface area (Å²) in [6.07, 6.45) is 9.18. The van der Waals surface area contributed by atoms with Crippen molar-refractivity contribution in [2.75, 3.05) is 31.9 Å². The average Bonchev–Trinajstić information content (AvgIpc) is 2.74. The number of allylic oxidation sites excluding steroid dienone is 2. The van der Waals surface area contributed by atoms with Crippen LogP contribution in [0.2, 0.25) is 0 Å². The van der Waals surface area contributed by atoms with E-state index in [1.165, 1.54) is 6.42 Å². The molecule has 1 aromatic rings. The molecule has 2 aliphatic rings. The van der Waals surface area contributed by atoms with E-state index in [4.69, 9.17) is 17.3 Å². The van der Waals surface area contributed by atoms with Gasteiger partial charge in [-0.1, -0.05) is 12.2 Å². The van der Waals surface area contributed by atoms with Crippen LogP contribution in [0.25, 0.3) is 0 Å². The zero-order valence-corrected chi connectivity index (χ0v) is 16.2. The van der Waals surface area contributed by atoms with Crippen molar-refractivity contribution in [1.29, 1.82) is 0 Å². The summed E-state index contributed by atoms with van der Waals surface area (Å²) in [6, 6.07) is 1.62. The molecular formula is C21H30N4O4. The summed E-state index contributed by atoms with van der Waals surface area (Å²) in [7, 11) is 0. The first-order valence-electron chi connectivity index (χ1n) is 12.3. The number of nitro benzene ring substituents is 1. The van der Waals surface area contributed by atoms with E-state index in [2.05, 4.69) is 22.4 Å². The van der Waals surface area contributed by atoms with Crippen LogP contribution in [-0.4, -0.2) is 48.0 Å². The minimum absolute atomic E-state index is 0.182. The minimum Gasteiger partial charge on any atom is -0.493 e. The predicted molar refractivity (Wildman–Crippen MR) is 112 cm³/mol. The van der Waals surface area contributed by atoms with Crippen molar-refractivity contribution in [2.24, 2.45) is 5.92 Å². The van der Waals surface area contributed by atoms with E-state index in [1.54, 1.807) is 0 Å². The predicted octanol–water partition coefficient (Wildman–Crippen LogP) is 3.13. The Hall–Kier alpha value is -2.61. The van der Waals surface area contributed by atoms with Crippen LogP contribution >= 0.6 is 0 Å². The summed E-state index contributed by atoms with van der Waals surface area (Å²) in [6.45, 7) is -3.67. The van der Waals surface area contributed by atoms with Crippen molar-refractivity contribution in [1.82, 2.24) is 10.2 Å². The van der Waals surface area contributed by atoms with E-state index in [0.29, 0.717) is 18.8 Å². The second-order valence-corrected chi connectivity index (χ2v) is 7.57. The van der Waals surface area contributed by atoms with Gasteiger partial charge >= 0.3 is 0 Å². The van der Waals surface area contributed by atoms with Gasteiger partial charge in [0.25, 0.3) is 11.6 Å². The standard InChI is InChI=1S/C21H30N4O4/c1-2-29-20-13-18(22)19(25(27)28)12-17(20)21(26)23-16-8-10-24(11-9-16)14-15-6-4-3-5-7-15/h3-4,12-13,15-16H,2,5-11,14,22H2,1H3,(H,23,26)/i1D3,2D2. The van der Waals surface area contributed by atoms with Gasteiger partial charge in [0.05, 0.1) is 19.8 Å². The lowest BCUT2D eigenvalue weighted by Gasteiger charge is -2.35. The topological polar surface area (TPSA) is 111 Å². The molecule has 1 heterocycles. The molecule has 0 bridgehead atoms. The van der Waals surface area contributed by atoms with E-state index in [-0.39, 0.29) is 17.3 Å². The maximum atomic E-state index is 13.0. The number of amides is 1. The Morgan fingerprint density at radius 3 is 2.86 bits per heavy atom. The summed E-state index contributed by atoms with van der Waals surface area (Å²) < 4.78 is 42.4. The quantitative estimate of drug-likeness (QED) is 0.311. The lowest BCUT2D eigenvalue weighted by molar-refractivity contribution is -0.383. The molecule has 1 aromatic carbocycles. The van der Waals surface area contributed by atoms with E-state index in [9.17, 15) is 14.9 Å². The van der Waals surface area contributed by atoms with E-state index in [0.717, 1.165) is 44.6 Å². The number of nitrogens with one attached hydrogen (secondary N) is 1. The summed E-state index contributed by atoms with van der Waals surface area (Å²) in [5, 5.41) is 14.1. The molecule has 8 heteroatoms. The molecule has 1 aliphatic heterocycles. The van der Waals surface area contributed by atoms with E-state index in [1.807, 2.05) is 0 Å². The normalized spacial score (nSPS) is 23.9. The molecule has 1 fully saturated rings. The van der Waals surface area contributed by atoms with Gasteiger partial charge in [-0.2, -0.15) is 0 Å². The molecule has 1 atom stereocenters. The number of piperidine rings is 1. The molecular weight excluding hydrogens is 372 g/mol. The molecule has 0 radical (unpaired) electrons. The number of anilines is 1. The van der Waals surface area contributed by atoms with Gasteiger partial charge in [0.1, 0.15) is 11.4 Å². The number of hydrogen-bond donors (Lipinski definition) is 2. The Kier molecular flexibility index (Phi) is 5.12. The maximum absolute atomic E-state index is 13.0. The number of nitrogen functional groups attached to an aromatic ring is 1. The number of nitro groups is 1. The Labute approximate surface area is 178 Å². The van der Waals surface area contributed by atoms with E-state index >= 15 is 0 Å². The molecule has 3 N–H and O–H groups in total. The SMILES string of the molecule is [2H]C([2H])([2H])C([2H])([2H])Oc1cc(N)c([N+](=O)[O-])cc1C(=O)NC1CCN(CC2CC=CCC2)CC1. The number of ether oxygens (including phenoxy) is 1. The number of carbonyl (C=O) groups excluding carboxylic acids is 1. The molecule has 0 spiro atoms. The van der Waals surface area contributed by atoms with Crippen molar-refractivity contribution in [3.8, 4) is 5.75 Å². The van der Waals surface area contributed by atoms with E-state index < -0.39 is 35.7 Å². The third kappa shape index (κ3) is 5.47. The second-order valence-electron chi connectivity index (χ2n) is 7.57. The fourth-order valence-electron chi connectivity index (χ4n) is 3.97. The first-order valence-corrected chi connectivity index (χ1v) is 9.82. The van der Waals surface area contributed by atoms with Crippen molar-refractivity contribution in [3.05, 3.63) is 40.0 Å². The summed E-state index contributed by atoms with van der Waals surface area (Å²) in [4.78, 5) is 25.9. The highest BCUT2D eigenvalue weighted by molar-refractivity contribution is 5.98. The third-order valence-corrected chi connectivity index (χ3v) is 5.55. The Morgan fingerprint density at radius 1 is 1.41 bits per heavy atom. The highest BCUT2D eigenvalue weighted by Crippen LogP contribution is 2.31. The fourth-order valence-corrected chi connectivity index (χ4v) is 3.97. The van der Waals surface area contributed by atoms with Gasteiger partial charge in [0.2, 0.25) is 0 Å². The van der Waals surface area contributed by atoms with Crippen LogP contribution in [-0.2, 0) is 0 Å². The highest BCUT2D eigenvalue weighted by atomic mass is 16.6. The van der Waals surface area contributed by atoms with Gasteiger partial charge in [0.15, 0.2) is 0 Å². The van der Waals surface area contributed by atoms with Gasteiger partial charge in [-0.25, -0.2) is 0 Å². The molecule has 1 amide bonds. The first-order chi connectivity index (χ1) is 15.9. The number of carbonyl (C=O) groups is 1. The highest BCUT2D eigenvalue weighted by Gasteiger charge is 2.26. The molecule has 0 aromatic heterocycles. The summed E-state index contributed by atoms with van der Waals surface area (Å²) in [5.41, 5.74) is 4.40. The van der Waals surface area contributed by atoms with Crippen LogP contribution in [0.4, 0.5) is 11.4 Å². The summed E-state index contributed by atoms with van der Waals surface area (Å²) >= 11 is 0. The largest absolute Gasteiger partial charge is 0.493 e. The number of benzene rings is 1. The van der Waals surface area contributed by atoms with Crippen LogP contribution in [0, 0.1) is 16.0 Å². The van der Waals surface area contributed by atoms with Crippen LogP contribution < -0.4 is 15.8 Å². The van der Waals surface area contributed by atoms with Gasteiger partial charge in [0, 0.05) is 41.9 Å². The minimum atomic E-state index is -3.15. The number of hydrogen-bond acceptors (Lipinski definition) is 6. The van der Waals surface area contributed by atoms with Gasteiger partial charge < -0.3 is 20.7 Å². The molecule has 8 nitrogen and oxygen atoms in total. The number of likely N-dealkylation sites (tertiary alicyclic amines) is 1. The zero-order chi connectivity index (χ0) is 25.1. The van der Waals surface area contributed by atoms with Crippen molar-refractivity contribution in [3.63, 3.8) is 0 Å². The lowest BCUT2D eigenvalue weighted by atomic mass is 9.93. The third-order valence-electron chi connectivity index (χ3n) is 5.55. The number of rotatable bonds is 7. The average molecular weight is 408 g/mol. The molecule has 0 saturated carbocycles. The Balaban J connectivity index is 1.71. The van der Waals surface area contributed by atoms with Gasteiger partial charge in [-0.3, -0.25) is 14.9 Å². The molecule has 1 unspecified atom stereocenters. The van der Waals surface area contributed by atoms with Gasteiger partial charge in [-0.15, -0.1) is 0 Å².